The second kappa shape index (κ2) is 6.26. The zero-order valence-corrected chi connectivity index (χ0v) is 12.4. The van der Waals surface area contributed by atoms with E-state index in [0.29, 0.717) is 6.42 Å². The molecule has 0 heterocycles. The van der Waals surface area contributed by atoms with E-state index in [9.17, 15) is 14.7 Å². The summed E-state index contributed by atoms with van der Waals surface area (Å²) in [6.45, 7) is 1.43. The van der Waals surface area contributed by atoms with Crippen molar-refractivity contribution in [3.8, 4) is 0 Å². The molecule has 0 aliphatic heterocycles. The molecule has 0 radical (unpaired) electrons. The van der Waals surface area contributed by atoms with Gasteiger partial charge in [-0.1, -0.05) is 31.2 Å². The predicted octanol–water partition coefficient (Wildman–Crippen LogP) is 0.832. The van der Waals surface area contributed by atoms with Crippen LogP contribution in [0.1, 0.15) is 24.5 Å². The van der Waals surface area contributed by atoms with Gasteiger partial charge in [0.1, 0.15) is 0 Å². The second-order valence-electron chi connectivity index (χ2n) is 5.74. The molecule has 5 heteroatoms. The standard InChI is InChI=1S/C16H21NO4/c1-16(15(20)17-13(10-18)14(19)21-2)8-7-11-5-3-4-6-12(11)9-16/h3-6,13,18H,7-10H2,1-2H3,(H,17,20)/t13-,16-/m0/s1. The van der Waals surface area contributed by atoms with E-state index in [1.54, 1.807) is 0 Å². The SMILES string of the molecule is COC(=O)[C@H](CO)NC(=O)[C@@]1(C)CCc2ccccc2C1. The van der Waals surface area contributed by atoms with Crippen molar-refractivity contribution in [2.45, 2.75) is 32.2 Å². The number of fused-ring (bicyclic) bond motifs is 1. The van der Waals surface area contributed by atoms with Gasteiger partial charge in [0.05, 0.1) is 19.1 Å². The van der Waals surface area contributed by atoms with Crippen LogP contribution in [0.2, 0.25) is 0 Å². The third kappa shape index (κ3) is 3.24. The van der Waals surface area contributed by atoms with Crippen LogP contribution in [0.5, 0.6) is 0 Å². The van der Waals surface area contributed by atoms with Crippen molar-refractivity contribution in [2.75, 3.05) is 13.7 Å². The van der Waals surface area contributed by atoms with Gasteiger partial charge in [-0.25, -0.2) is 4.79 Å². The van der Waals surface area contributed by atoms with E-state index in [1.165, 1.54) is 18.2 Å². The quantitative estimate of drug-likeness (QED) is 0.806. The van der Waals surface area contributed by atoms with E-state index in [-0.39, 0.29) is 5.91 Å². The molecule has 0 aromatic heterocycles. The van der Waals surface area contributed by atoms with Crippen LogP contribution in [0, 0.1) is 5.41 Å². The van der Waals surface area contributed by atoms with E-state index in [2.05, 4.69) is 16.1 Å². The highest BCUT2D eigenvalue weighted by molar-refractivity contribution is 5.88. The largest absolute Gasteiger partial charge is 0.467 e. The van der Waals surface area contributed by atoms with Crippen molar-refractivity contribution < 1.29 is 19.4 Å². The molecule has 0 fully saturated rings. The Morgan fingerprint density at radius 3 is 2.67 bits per heavy atom. The molecular weight excluding hydrogens is 270 g/mol. The number of esters is 1. The number of aliphatic hydroxyl groups is 1. The minimum Gasteiger partial charge on any atom is -0.467 e. The summed E-state index contributed by atoms with van der Waals surface area (Å²) in [6, 6.07) is 7.08. The van der Waals surface area contributed by atoms with Crippen molar-refractivity contribution >= 4 is 11.9 Å². The lowest BCUT2D eigenvalue weighted by atomic mass is 9.72. The van der Waals surface area contributed by atoms with Gasteiger partial charge in [0.25, 0.3) is 0 Å². The van der Waals surface area contributed by atoms with Crippen LogP contribution < -0.4 is 5.32 Å². The summed E-state index contributed by atoms with van der Waals surface area (Å²) >= 11 is 0. The van der Waals surface area contributed by atoms with E-state index in [4.69, 9.17) is 0 Å². The molecule has 1 amide bonds. The molecule has 2 atom stereocenters. The lowest BCUT2D eigenvalue weighted by molar-refractivity contribution is -0.147. The third-order valence-electron chi connectivity index (χ3n) is 4.17. The van der Waals surface area contributed by atoms with Gasteiger partial charge in [-0.2, -0.15) is 0 Å². The Hall–Kier alpha value is -1.88. The Morgan fingerprint density at radius 1 is 1.38 bits per heavy atom. The first-order chi connectivity index (χ1) is 10.00. The number of rotatable bonds is 4. The van der Waals surface area contributed by atoms with Gasteiger partial charge in [-0.15, -0.1) is 0 Å². The Morgan fingerprint density at radius 2 is 2.05 bits per heavy atom. The lowest BCUT2D eigenvalue weighted by Crippen LogP contribution is -2.51. The third-order valence-corrected chi connectivity index (χ3v) is 4.17. The maximum Gasteiger partial charge on any atom is 0.330 e. The number of aliphatic hydroxyl groups excluding tert-OH is 1. The summed E-state index contributed by atoms with van der Waals surface area (Å²) in [5.41, 5.74) is 1.87. The predicted molar refractivity (Wildman–Crippen MR) is 77.6 cm³/mol. The molecule has 1 aromatic carbocycles. The highest BCUT2D eigenvalue weighted by atomic mass is 16.5. The Labute approximate surface area is 124 Å². The number of amides is 1. The second-order valence-corrected chi connectivity index (χ2v) is 5.74. The molecule has 114 valence electrons. The van der Waals surface area contributed by atoms with E-state index in [1.807, 2.05) is 25.1 Å². The molecule has 0 saturated carbocycles. The van der Waals surface area contributed by atoms with Gasteiger partial charge < -0.3 is 15.2 Å². The summed E-state index contributed by atoms with van der Waals surface area (Å²) in [7, 11) is 1.23. The van der Waals surface area contributed by atoms with E-state index >= 15 is 0 Å². The normalized spacial score (nSPS) is 22.0. The molecule has 2 N–H and O–H groups in total. The van der Waals surface area contributed by atoms with Crippen LogP contribution >= 0.6 is 0 Å². The Balaban J connectivity index is 2.11. The van der Waals surface area contributed by atoms with Gasteiger partial charge in [-0.05, 0) is 30.4 Å². The molecule has 0 spiro atoms. The summed E-state index contributed by atoms with van der Waals surface area (Å²) in [5, 5.41) is 11.8. The minimum absolute atomic E-state index is 0.221. The Kier molecular flexibility index (Phi) is 4.63. The molecular formula is C16H21NO4. The average Bonchev–Trinajstić information content (AvgIpc) is 2.51. The number of methoxy groups -OCH3 is 1. The summed E-state index contributed by atoms with van der Waals surface area (Å²) in [5.74, 6) is -0.855. The van der Waals surface area contributed by atoms with Crippen molar-refractivity contribution in [3.05, 3.63) is 35.4 Å². The van der Waals surface area contributed by atoms with Crippen LogP contribution in [0.25, 0.3) is 0 Å². The molecule has 2 rings (SSSR count). The van der Waals surface area contributed by atoms with Crippen LogP contribution in [0.15, 0.2) is 24.3 Å². The first kappa shape index (κ1) is 15.5. The smallest absolute Gasteiger partial charge is 0.330 e. The fourth-order valence-electron chi connectivity index (χ4n) is 2.74. The first-order valence-electron chi connectivity index (χ1n) is 7.06. The summed E-state index contributed by atoms with van der Waals surface area (Å²) in [4.78, 5) is 24.0. The number of aryl methyl sites for hydroxylation is 1. The lowest BCUT2D eigenvalue weighted by Gasteiger charge is -2.34. The molecule has 1 aliphatic rings. The zero-order valence-electron chi connectivity index (χ0n) is 12.4. The topological polar surface area (TPSA) is 75.6 Å². The monoisotopic (exact) mass is 291 g/mol. The molecule has 21 heavy (non-hydrogen) atoms. The highest BCUT2D eigenvalue weighted by Crippen LogP contribution is 2.35. The molecule has 0 saturated heterocycles. The van der Waals surface area contributed by atoms with Crippen molar-refractivity contribution in [2.24, 2.45) is 5.41 Å². The van der Waals surface area contributed by atoms with Crippen molar-refractivity contribution in [1.82, 2.24) is 5.32 Å². The van der Waals surface area contributed by atoms with Gasteiger partial charge in [-0.3, -0.25) is 4.79 Å². The molecule has 1 aliphatic carbocycles. The summed E-state index contributed by atoms with van der Waals surface area (Å²) in [6.07, 6.45) is 2.19. The molecule has 0 unspecified atom stereocenters. The fourth-order valence-corrected chi connectivity index (χ4v) is 2.74. The van der Waals surface area contributed by atoms with E-state index in [0.717, 1.165) is 12.8 Å². The number of hydrogen-bond donors (Lipinski definition) is 2. The van der Waals surface area contributed by atoms with Crippen LogP contribution in [-0.2, 0) is 27.2 Å². The van der Waals surface area contributed by atoms with Crippen LogP contribution in [-0.4, -0.2) is 36.7 Å². The van der Waals surface area contributed by atoms with Gasteiger partial charge in [0, 0.05) is 0 Å². The maximum absolute atomic E-state index is 12.5. The van der Waals surface area contributed by atoms with Gasteiger partial charge in [0.2, 0.25) is 5.91 Å². The van der Waals surface area contributed by atoms with Crippen LogP contribution in [0.3, 0.4) is 0 Å². The first-order valence-corrected chi connectivity index (χ1v) is 7.06. The molecule has 5 nitrogen and oxygen atoms in total. The number of nitrogens with one attached hydrogen (secondary N) is 1. The molecule has 1 aromatic rings. The van der Waals surface area contributed by atoms with Gasteiger partial charge in [0.15, 0.2) is 6.04 Å². The van der Waals surface area contributed by atoms with Crippen molar-refractivity contribution in [3.63, 3.8) is 0 Å². The van der Waals surface area contributed by atoms with Crippen LogP contribution in [0.4, 0.5) is 0 Å². The number of benzene rings is 1. The fraction of sp³-hybridized carbons (Fsp3) is 0.500. The number of hydrogen-bond acceptors (Lipinski definition) is 4. The average molecular weight is 291 g/mol. The molecule has 0 bridgehead atoms. The minimum atomic E-state index is -1.00. The number of carbonyl (C=O) groups is 2. The number of carbonyl (C=O) groups excluding carboxylic acids is 2. The Bertz CT molecular complexity index is 543. The number of ether oxygens (including phenoxy) is 1. The zero-order chi connectivity index (χ0) is 15.5. The summed E-state index contributed by atoms with van der Waals surface area (Å²) < 4.78 is 4.57. The van der Waals surface area contributed by atoms with E-state index < -0.39 is 24.0 Å². The maximum atomic E-state index is 12.5. The highest BCUT2D eigenvalue weighted by Gasteiger charge is 2.38. The van der Waals surface area contributed by atoms with Crippen molar-refractivity contribution in [1.29, 1.82) is 0 Å². The van der Waals surface area contributed by atoms with Gasteiger partial charge >= 0.3 is 5.97 Å².